The fourth-order valence-corrected chi connectivity index (χ4v) is 2.39. The molecular formula is C20H22N2O4. The normalized spacial score (nSPS) is 12.0. The summed E-state index contributed by atoms with van der Waals surface area (Å²) in [5, 5.41) is 17.5. The molecule has 6 nitrogen and oxygen atoms in total. The Kier molecular flexibility index (Phi) is 7.49. The summed E-state index contributed by atoms with van der Waals surface area (Å²) in [6, 6.07) is 15.3. The lowest BCUT2D eigenvalue weighted by Gasteiger charge is -2.16. The fraction of sp³-hybridized carbons (Fsp3) is 0.300. The molecule has 2 aromatic rings. The van der Waals surface area contributed by atoms with Crippen LogP contribution in [0.15, 0.2) is 64.8 Å². The van der Waals surface area contributed by atoms with Gasteiger partial charge in [-0.25, -0.2) is 9.59 Å². The van der Waals surface area contributed by atoms with Gasteiger partial charge in [0.1, 0.15) is 6.10 Å². The average Bonchev–Trinajstić information content (AvgIpc) is 2.66. The number of nitrogens with zero attached hydrogens (tertiary/aromatic N) is 2. The van der Waals surface area contributed by atoms with Gasteiger partial charge in [-0.3, -0.25) is 0 Å². The smallest absolute Gasteiger partial charge is 0.339 e. The molecular weight excluding hydrogens is 332 g/mol. The van der Waals surface area contributed by atoms with Crippen LogP contribution in [0.1, 0.15) is 46.9 Å². The van der Waals surface area contributed by atoms with Gasteiger partial charge in [-0.2, -0.15) is 10.2 Å². The SMILES string of the molecule is CCCCC(CN=Nc1ccccc1)OC(=O)c1ccccc1C(=O)O. The molecule has 0 aromatic heterocycles. The lowest BCUT2D eigenvalue weighted by atomic mass is 10.1. The molecule has 0 aliphatic carbocycles. The van der Waals surface area contributed by atoms with Crippen molar-refractivity contribution in [2.75, 3.05) is 6.54 Å². The number of carboxylic acid groups (broad SMARTS) is 1. The highest BCUT2D eigenvalue weighted by molar-refractivity contribution is 6.02. The standard InChI is InChI=1S/C20H22N2O4/c1-2-3-11-16(14-21-22-15-9-5-4-6-10-15)26-20(25)18-13-8-7-12-17(18)19(23)24/h4-10,12-13,16H,2-3,11,14H2,1H3,(H,23,24). The van der Waals surface area contributed by atoms with Crippen LogP contribution in [0.2, 0.25) is 0 Å². The highest BCUT2D eigenvalue weighted by Crippen LogP contribution is 2.15. The van der Waals surface area contributed by atoms with Crippen molar-refractivity contribution in [2.24, 2.45) is 10.2 Å². The summed E-state index contributed by atoms with van der Waals surface area (Å²) in [5.41, 5.74) is 0.698. The third-order valence-electron chi connectivity index (χ3n) is 3.76. The number of unbranched alkanes of at least 4 members (excludes halogenated alkanes) is 1. The summed E-state index contributed by atoms with van der Waals surface area (Å²) in [6.45, 7) is 2.28. The number of carbonyl (C=O) groups excluding carboxylic acids is 1. The molecule has 2 aromatic carbocycles. The summed E-state index contributed by atoms with van der Waals surface area (Å²) < 4.78 is 5.51. The quantitative estimate of drug-likeness (QED) is 0.513. The summed E-state index contributed by atoms with van der Waals surface area (Å²) in [7, 11) is 0. The number of carboxylic acids is 1. The Balaban J connectivity index is 2.06. The van der Waals surface area contributed by atoms with Gasteiger partial charge in [0.25, 0.3) is 0 Å². The molecule has 136 valence electrons. The maximum atomic E-state index is 12.4. The van der Waals surface area contributed by atoms with Crippen molar-refractivity contribution >= 4 is 17.6 Å². The van der Waals surface area contributed by atoms with Crippen LogP contribution in [0.3, 0.4) is 0 Å². The topological polar surface area (TPSA) is 88.3 Å². The number of hydrogen-bond donors (Lipinski definition) is 1. The zero-order chi connectivity index (χ0) is 18.8. The minimum atomic E-state index is -1.16. The molecule has 26 heavy (non-hydrogen) atoms. The summed E-state index contributed by atoms with van der Waals surface area (Å²) >= 11 is 0. The molecule has 1 atom stereocenters. The summed E-state index contributed by atoms with van der Waals surface area (Å²) in [5.74, 6) is -1.81. The van der Waals surface area contributed by atoms with E-state index in [-0.39, 0.29) is 17.7 Å². The zero-order valence-electron chi connectivity index (χ0n) is 14.7. The van der Waals surface area contributed by atoms with Gasteiger partial charge < -0.3 is 9.84 Å². The second-order valence-corrected chi connectivity index (χ2v) is 5.78. The molecule has 0 saturated heterocycles. The predicted octanol–water partition coefficient (Wildman–Crippen LogP) is 4.88. The van der Waals surface area contributed by atoms with Crippen LogP contribution in [-0.2, 0) is 4.74 Å². The number of esters is 1. The van der Waals surface area contributed by atoms with Gasteiger partial charge in [-0.15, -0.1) is 0 Å². The monoisotopic (exact) mass is 354 g/mol. The van der Waals surface area contributed by atoms with E-state index >= 15 is 0 Å². The lowest BCUT2D eigenvalue weighted by molar-refractivity contribution is 0.0290. The number of hydrogen-bond acceptors (Lipinski definition) is 5. The molecule has 0 saturated carbocycles. The van der Waals surface area contributed by atoms with E-state index in [0.717, 1.165) is 18.5 Å². The van der Waals surface area contributed by atoms with Crippen molar-refractivity contribution in [1.82, 2.24) is 0 Å². The van der Waals surface area contributed by atoms with Gasteiger partial charge in [-0.05, 0) is 37.1 Å². The summed E-state index contributed by atoms with van der Waals surface area (Å²) in [6.07, 6.45) is 2.03. The van der Waals surface area contributed by atoms with E-state index in [1.165, 1.54) is 12.1 Å². The van der Waals surface area contributed by atoms with Crippen molar-refractivity contribution in [3.63, 3.8) is 0 Å². The van der Waals surface area contributed by atoms with E-state index < -0.39 is 18.0 Å². The second-order valence-electron chi connectivity index (χ2n) is 5.78. The van der Waals surface area contributed by atoms with Crippen LogP contribution in [0, 0.1) is 0 Å². The van der Waals surface area contributed by atoms with Crippen LogP contribution in [-0.4, -0.2) is 29.7 Å². The first kappa shape index (κ1) is 19.3. The first-order valence-corrected chi connectivity index (χ1v) is 8.57. The van der Waals surface area contributed by atoms with Crippen molar-refractivity contribution in [3.05, 3.63) is 65.7 Å². The number of ether oxygens (including phenoxy) is 1. The van der Waals surface area contributed by atoms with E-state index in [4.69, 9.17) is 4.74 Å². The Morgan fingerprint density at radius 1 is 1.04 bits per heavy atom. The Morgan fingerprint density at radius 3 is 2.35 bits per heavy atom. The predicted molar refractivity (Wildman–Crippen MR) is 98.0 cm³/mol. The average molecular weight is 354 g/mol. The van der Waals surface area contributed by atoms with Gasteiger partial charge in [0, 0.05) is 0 Å². The molecule has 0 fully saturated rings. The molecule has 0 heterocycles. The van der Waals surface area contributed by atoms with Crippen molar-refractivity contribution in [3.8, 4) is 0 Å². The van der Waals surface area contributed by atoms with Crippen LogP contribution in [0.4, 0.5) is 5.69 Å². The maximum absolute atomic E-state index is 12.4. The largest absolute Gasteiger partial charge is 0.478 e. The maximum Gasteiger partial charge on any atom is 0.339 e. The number of azo groups is 1. The Morgan fingerprint density at radius 2 is 1.69 bits per heavy atom. The van der Waals surface area contributed by atoms with E-state index in [9.17, 15) is 14.7 Å². The third-order valence-corrected chi connectivity index (χ3v) is 3.76. The molecule has 0 amide bonds. The summed E-state index contributed by atoms with van der Waals surface area (Å²) in [4.78, 5) is 23.7. The number of rotatable bonds is 9. The molecule has 1 unspecified atom stereocenters. The molecule has 0 bridgehead atoms. The molecule has 0 radical (unpaired) electrons. The first-order chi connectivity index (χ1) is 12.6. The van der Waals surface area contributed by atoms with Gasteiger partial charge in [0.2, 0.25) is 0 Å². The van der Waals surface area contributed by atoms with Crippen LogP contribution >= 0.6 is 0 Å². The van der Waals surface area contributed by atoms with Crippen molar-refractivity contribution < 1.29 is 19.4 Å². The van der Waals surface area contributed by atoms with Crippen molar-refractivity contribution in [1.29, 1.82) is 0 Å². The first-order valence-electron chi connectivity index (χ1n) is 8.57. The van der Waals surface area contributed by atoms with Crippen LogP contribution in [0.25, 0.3) is 0 Å². The second kappa shape index (κ2) is 10.1. The number of carbonyl (C=O) groups is 2. The highest BCUT2D eigenvalue weighted by atomic mass is 16.5. The van der Waals surface area contributed by atoms with E-state index in [2.05, 4.69) is 10.2 Å². The lowest BCUT2D eigenvalue weighted by Crippen LogP contribution is -2.22. The third kappa shape index (κ3) is 5.81. The van der Waals surface area contributed by atoms with Gasteiger partial charge in [0.15, 0.2) is 0 Å². The van der Waals surface area contributed by atoms with Crippen molar-refractivity contribution in [2.45, 2.75) is 32.3 Å². The molecule has 0 spiro atoms. The van der Waals surface area contributed by atoms with E-state index in [0.29, 0.717) is 6.42 Å². The fourth-order valence-electron chi connectivity index (χ4n) is 2.39. The molecule has 6 heteroatoms. The molecule has 0 aliphatic rings. The van der Waals surface area contributed by atoms with Gasteiger partial charge >= 0.3 is 11.9 Å². The minimum absolute atomic E-state index is 0.0431. The Hall–Kier alpha value is -3.02. The van der Waals surface area contributed by atoms with Crippen LogP contribution < -0.4 is 0 Å². The minimum Gasteiger partial charge on any atom is -0.478 e. The molecule has 2 rings (SSSR count). The van der Waals surface area contributed by atoms with Gasteiger partial charge in [-0.1, -0.05) is 43.7 Å². The number of aromatic carboxylic acids is 1. The Labute approximate surface area is 152 Å². The van der Waals surface area contributed by atoms with E-state index in [1.807, 2.05) is 37.3 Å². The molecule has 0 aliphatic heterocycles. The zero-order valence-corrected chi connectivity index (χ0v) is 14.7. The van der Waals surface area contributed by atoms with Crippen LogP contribution in [0.5, 0.6) is 0 Å². The Bertz CT molecular complexity index is 759. The van der Waals surface area contributed by atoms with Gasteiger partial charge in [0.05, 0.1) is 23.4 Å². The number of benzene rings is 2. The molecule has 1 N–H and O–H groups in total. The van der Waals surface area contributed by atoms with E-state index in [1.54, 1.807) is 12.1 Å². The highest BCUT2D eigenvalue weighted by Gasteiger charge is 2.20.